The molecule has 2 unspecified atom stereocenters. The normalized spacial score (nSPS) is 23.4. The summed E-state index contributed by atoms with van der Waals surface area (Å²) in [7, 11) is 1.53. The molecule has 0 spiro atoms. The summed E-state index contributed by atoms with van der Waals surface area (Å²) >= 11 is 0. The number of aliphatic hydroxyl groups excluding tert-OH is 1. The first kappa shape index (κ1) is 12.8. The minimum Gasteiger partial charge on any atom is -0.481 e. The van der Waals surface area contributed by atoms with Gasteiger partial charge in [0, 0.05) is 12.3 Å². The van der Waals surface area contributed by atoms with Gasteiger partial charge in [-0.05, 0) is 18.9 Å². The molecule has 5 nitrogen and oxygen atoms in total. The number of carbonyl (C=O) groups is 1. The molecule has 1 aromatic rings. The van der Waals surface area contributed by atoms with Crippen LogP contribution in [0.25, 0.3) is 0 Å². The molecule has 0 aliphatic heterocycles. The van der Waals surface area contributed by atoms with Crippen molar-refractivity contribution in [1.29, 1.82) is 0 Å². The van der Waals surface area contributed by atoms with E-state index in [2.05, 4.69) is 10.3 Å². The number of amides is 1. The highest BCUT2D eigenvalue weighted by Gasteiger charge is 2.24. The van der Waals surface area contributed by atoms with Gasteiger partial charge in [0.1, 0.15) is 0 Å². The number of rotatable bonds is 3. The largest absolute Gasteiger partial charge is 0.481 e. The predicted octanol–water partition coefficient (Wildman–Crippen LogP) is 1.12. The van der Waals surface area contributed by atoms with Crippen molar-refractivity contribution >= 4 is 5.91 Å². The van der Waals surface area contributed by atoms with Crippen LogP contribution in [0.2, 0.25) is 0 Å². The fraction of sp³-hybridized carbons (Fsp3) is 0.538. The van der Waals surface area contributed by atoms with Gasteiger partial charge < -0.3 is 15.2 Å². The van der Waals surface area contributed by atoms with Crippen molar-refractivity contribution in [2.75, 3.05) is 7.11 Å². The average Bonchev–Trinajstić information content (AvgIpc) is 2.41. The molecule has 1 amide bonds. The molecule has 0 saturated heterocycles. The second kappa shape index (κ2) is 5.82. The lowest BCUT2D eigenvalue weighted by molar-refractivity contribution is 0.0717. The minimum atomic E-state index is -0.436. The first-order valence-corrected chi connectivity index (χ1v) is 6.19. The van der Waals surface area contributed by atoms with Crippen molar-refractivity contribution < 1.29 is 14.6 Å². The molecule has 18 heavy (non-hydrogen) atoms. The molecule has 1 aromatic heterocycles. The van der Waals surface area contributed by atoms with Gasteiger partial charge in [-0.3, -0.25) is 4.79 Å². The maximum absolute atomic E-state index is 12.0. The second-order valence-electron chi connectivity index (χ2n) is 4.52. The maximum atomic E-state index is 12.0. The zero-order valence-corrected chi connectivity index (χ0v) is 10.4. The van der Waals surface area contributed by atoms with E-state index in [0.717, 1.165) is 25.7 Å². The molecule has 0 aromatic carbocycles. The number of methoxy groups -OCH3 is 1. The van der Waals surface area contributed by atoms with E-state index in [0.29, 0.717) is 11.4 Å². The number of aromatic nitrogens is 1. The minimum absolute atomic E-state index is 0.145. The van der Waals surface area contributed by atoms with Gasteiger partial charge >= 0.3 is 0 Å². The first-order valence-electron chi connectivity index (χ1n) is 6.19. The zero-order valence-electron chi connectivity index (χ0n) is 10.4. The van der Waals surface area contributed by atoms with Crippen LogP contribution < -0.4 is 10.1 Å². The zero-order chi connectivity index (χ0) is 13.0. The quantitative estimate of drug-likeness (QED) is 0.843. The lowest BCUT2D eigenvalue weighted by Crippen LogP contribution is -2.45. The molecule has 98 valence electrons. The Balaban J connectivity index is 1.97. The molecule has 2 atom stereocenters. The van der Waals surface area contributed by atoms with Crippen molar-refractivity contribution in [2.24, 2.45) is 0 Å². The molecule has 0 bridgehead atoms. The summed E-state index contributed by atoms with van der Waals surface area (Å²) in [6.45, 7) is 0. The SMILES string of the molecule is COc1ccc(C(=O)NC2CCCCC2O)cn1. The molecular formula is C13H18N2O3. The van der Waals surface area contributed by atoms with Crippen LogP contribution >= 0.6 is 0 Å². The van der Waals surface area contributed by atoms with Crippen LogP contribution in [0.4, 0.5) is 0 Å². The lowest BCUT2D eigenvalue weighted by atomic mass is 9.92. The number of nitrogens with one attached hydrogen (secondary N) is 1. The smallest absolute Gasteiger partial charge is 0.253 e. The third-order valence-electron chi connectivity index (χ3n) is 3.25. The van der Waals surface area contributed by atoms with Gasteiger partial charge in [0.2, 0.25) is 5.88 Å². The lowest BCUT2D eigenvalue weighted by Gasteiger charge is -2.28. The van der Waals surface area contributed by atoms with E-state index in [4.69, 9.17) is 4.74 Å². The summed E-state index contributed by atoms with van der Waals surface area (Å²) in [5.41, 5.74) is 0.480. The van der Waals surface area contributed by atoms with Crippen molar-refractivity contribution in [3.05, 3.63) is 23.9 Å². The fourth-order valence-electron chi connectivity index (χ4n) is 2.17. The molecule has 0 radical (unpaired) electrons. The average molecular weight is 250 g/mol. The standard InChI is InChI=1S/C13H18N2O3/c1-18-12-7-6-9(8-14-12)13(17)15-10-4-2-3-5-11(10)16/h6-8,10-11,16H,2-5H2,1H3,(H,15,17). The third kappa shape index (κ3) is 2.98. The summed E-state index contributed by atoms with van der Waals surface area (Å²) in [6.07, 6.45) is 4.69. The Labute approximate surface area is 106 Å². The van der Waals surface area contributed by atoms with Gasteiger partial charge in [-0.1, -0.05) is 12.8 Å². The second-order valence-corrected chi connectivity index (χ2v) is 4.52. The van der Waals surface area contributed by atoms with Crippen LogP contribution in [0.15, 0.2) is 18.3 Å². The van der Waals surface area contributed by atoms with Crippen molar-refractivity contribution in [3.8, 4) is 5.88 Å². The molecule has 2 rings (SSSR count). The van der Waals surface area contributed by atoms with Crippen LogP contribution in [0, 0.1) is 0 Å². The van der Waals surface area contributed by atoms with Gasteiger partial charge in [0.25, 0.3) is 5.91 Å². The highest BCUT2D eigenvalue weighted by atomic mass is 16.5. The number of hydrogen-bond donors (Lipinski definition) is 2. The van der Waals surface area contributed by atoms with Crippen LogP contribution in [0.3, 0.4) is 0 Å². The molecule has 1 aliphatic rings. The Morgan fingerprint density at radius 2 is 2.22 bits per heavy atom. The van der Waals surface area contributed by atoms with E-state index in [-0.39, 0.29) is 11.9 Å². The number of pyridine rings is 1. The van der Waals surface area contributed by atoms with Crippen molar-refractivity contribution in [3.63, 3.8) is 0 Å². The number of nitrogens with zero attached hydrogens (tertiary/aromatic N) is 1. The highest BCUT2D eigenvalue weighted by molar-refractivity contribution is 5.94. The third-order valence-corrected chi connectivity index (χ3v) is 3.25. The number of ether oxygens (including phenoxy) is 1. The molecule has 1 fully saturated rings. The van der Waals surface area contributed by atoms with Gasteiger partial charge in [0.15, 0.2) is 0 Å². The van der Waals surface area contributed by atoms with Gasteiger partial charge in [-0.2, -0.15) is 0 Å². The molecule has 2 N–H and O–H groups in total. The predicted molar refractivity (Wildman–Crippen MR) is 66.5 cm³/mol. The molecule has 1 heterocycles. The molecule has 1 aliphatic carbocycles. The number of hydrogen-bond acceptors (Lipinski definition) is 4. The fourth-order valence-corrected chi connectivity index (χ4v) is 2.17. The van der Waals surface area contributed by atoms with Crippen LogP contribution in [0.1, 0.15) is 36.0 Å². The Kier molecular flexibility index (Phi) is 4.15. The van der Waals surface area contributed by atoms with Crippen LogP contribution in [-0.2, 0) is 0 Å². The summed E-state index contributed by atoms with van der Waals surface area (Å²) in [6, 6.07) is 3.16. The monoisotopic (exact) mass is 250 g/mol. The Morgan fingerprint density at radius 1 is 1.44 bits per heavy atom. The van der Waals surface area contributed by atoms with Crippen LogP contribution in [0.5, 0.6) is 5.88 Å². The van der Waals surface area contributed by atoms with Gasteiger partial charge in [-0.25, -0.2) is 4.98 Å². The van der Waals surface area contributed by atoms with Crippen molar-refractivity contribution in [2.45, 2.75) is 37.8 Å². The highest BCUT2D eigenvalue weighted by Crippen LogP contribution is 2.18. The first-order chi connectivity index (χ1) is 8.70. The van der Waals surface area contributed by atoms with E-state index < -0.39 is 6.10 Å². The van der Waals surface area contributed by atoms with E-state index in [1.54, 1.807) is 12.1 Å². The molecular weight excluding hydrogens is 232 g/mol. The summed E-state index contributed by atoms with van der Waals surface area (Å²) in [5.74, 6) is 0.278. The number of aliphatic hydroxyl groups is 1. The number of carbonyl (C=O) groups excluding carboxylic acids is 1. The summed E-state index contributed by atoms with van der Waals surface area (Å²) in [5, 5.41) is 12.6. The summed E-state index contributed by atoms with van der Waals surface area (Å²) in [4.78, 5) is 15.9. The topological polar surface area (TPSA) is 71.5 Å². The maximum Gasteiger partial charge on any atom is 0.253 e. The van der Waals surface area contributed by atoms with Gasteiger partial charge in [0.05, 0.1) is 24.8 Å². The van der Waals surface area contributed by atoms with E-state index >= 15 is 0 Å². The Morgan fingerprint density at radius 3 is 2.83 bits per heavy atom. The van der Waals surface area contributed by atoms with E-state index in [1.165, 1.54) is 13.3 Å². The van der Waals surface area contributed by atoms with Gasteiger partial charge in [-0.15, -0.1) is 0 Å². The van der Waals surface area contributed by atoms with E-state index in [9.17, 15) is 9.90 Å². The summed E-state index contributed by atoms with van der Waals surface area (Å²) < 4.78 is 4.93. The Bertz CT molecular complexity index is 405. The Hall–Kier alpha value is -1.62. The molecule has 1 saturated carbocycles. The van der Waals surface area contributed by atoms with Crippen LogP contribution in [-0.4, -0.2) is 35.3 Å². The van der Waals surface area contributed by atoms with E-state index in [1.807, 2.05) is 0 Å². The molecule has 5 heteroatoms. The van der Waals surface area contributed by atoms with Crippen molar-refractivity contribution in [1.82, 2.24) is 10.3 Å².